The molecular weight excluding hydrogens is 411 g/mol. The Morgan fingerprint density at radius 1 is 0.938 bits per heavy atom. The number of amides is 1. The first-order valence-corrected chi connectivity index (χ1v) is 9.95. The highest BCUT2D eigenvalue weighted by Crippen LogP contribution is 2.37. The average molecular weight is 432 g/mol. The highest BCUT2D eigenvalue weighted by atomic mass is 19.1. The normalized spacial score (nSPS) is 12.7. The van der Waals surface area contributed by atoms with E-state index >= 15 is 4.39 Å². The van der Waals surface area contributed by atoms with Crippen LogP contribution in [0.25, 0.3) is 10.9 Å². The van der Waals surface area contributed by atoms with Crippen LogP contribution in [-0.4, -0.2) is 24.2 Å². The van der Waals surface area contributed by atoms with Crippen LogP contribution in [0, 0.1) is 5.82 Å². The Hall–Kier alpha value is -4.13. The van der Waals surface area contributed by atoms with Crippen molar-refractivity contribution in [3.8, 4) is 0 Å². The summed E-state index contributed by atoms with van der Waals surface area (Å²) in [5.41, 5.74) is -0.256. The van der Waals surface area contributed by atoms with E-state index in [4.69, 9.17) is 9.47 Å². The molecule has 0 aliphatic rings. The van der Waals surface area contributed by atoms with Gasteiger partial charge in [0.15, 0.2) is 5.54 Å². The molecule has 1 atom stereocenters. The Morgan fingerprint density at radius 2 is 1.62 bits per heavy atom. The molecule has 0 saturated heterocycles. The lowest BCUT2D eigenvalue weighted by molar-refractivity contribution is -0.151. The van der Waals surface area contributed by atoms with Gasteiger partial charge in [-0.05, 0) is 17.7 Å². The van der Waals surface area contributed by atoms with E-state index in [2.05, 4.69) is 10.3 Å². The summed E-state index contributed by atoms with van der Waals surface area (Å²) in [7, 11) is 1.17. The molecule has 4 rings (SSSR count). The SMILES string of the molecule is COC(=O)N[C@@](C(=O)OCc1ccccc1)(c1ccccc1F)c1c[nH]c2ccccc12. The molecule has 1 amide bonds. The van der Waals surface area contributed by atoms with Crippen molar-refractivity contribution in [3.63, 3.8) is 0 Å². The number of para-hydroxylation sites is 1. The summed E-state index contributed by atoms with van der Waals surface area (Å²) in [6.45, 7) is -0.0545. The van der Waals surface area contributed by atoms with Gasteiger partial charge in [-0.25, -0.2) is 14.0 Å². The molecule has 32 heavy (non-hydrogen) atoms. The number of aromatic nitrogens is 1. The number of methoxy groups -OCH3 is 1. The van der Waals surface area contributed by atoms with Crippen molar-refractivity contribution in [2.75, 3.05) is 7.11 Å². The predicted molar refractivity (Wildman–Crippen MR) is 117 cm³/mol. The van der Waals surface area contributed by atoms with Gasteiger partial charge >= 0.3 is 12.1 Å². The first-order chi connectivity index (χ1) is 15.6. The smallest absolute Gasteiger partial charge is 0.408 e. The van der Waals surface area contributed by atoms with E-state index in [0.29, 0.717) is 16.5 Å². The number of alkyl carbamates (subject to hydrolysis) is 1. The third-order valence-corrected chi connectivity index (χ3v) is 5.27. The van der Waals surface area contributed by atoms with Crippen LogP contribution in [0.5, 0.6) is 0 Å². The minimum absolute atomic E-state index is 0.0545. The summed E-state index contributed by atoms with van der Waals surface area (Å²) < 4.78 is 25.6. The van der Waals surface area contributed by atoms with Crippen LogP contribution in [0.4, 0.5) is 9.18 Å². The van der Waals surface area contributed by atoms with Gasteiger partial charge in [-0.15, -0.1) is 0 Å². The predicted octanol–water partition coefficient (Wildman–Crippen LogP) is 4.65. The fourth-order valence-electron chi connectivity index (χ4n) is 3.73. The zero-order valence-electron chi connectivity index (χ0n) is 17.3. The molecule has 1 heterocycles. The Balaban J connectivity index is 1.91. The zero-order valence-corrected chi connectivity index (χ0v) is 17.3. The third-order valence-electron chi connectivity index (χ3n) is 5.27. The lowest BCUT2D eigenvalue weighted by Gasteiger charge is -2.32. The molecule has 0 aliphatic carbocycles. The van der Waals surface area contributed by atoms with Gasteiger partial charge in [0.05, 0.1) is 7.11 Å². The maximum Gasteiger partial charge on any atom is 0.408 e. The zero-order chi connectivity index (χ0) is 22.6. The number of H-pyrrole nitrogens is 1. The van der Waals surface area contributed by atoms with E-state index in [1.54, 1.807) is 36.5 Å². The molecule has 0 unspecified atom stereocenters. The maximum atomic E-state index is 15.1. The summed E-state index contributed by atoms with van der Waals surface area (Å²) in [5, 5.41) is 3.20. The Labute approximate surface area is 184 Å². The van der Waals surface area contributed by atoms with Crippen LogP contribution in [0.3, 0.4) is 0 Å². The van der Waals surface area contributed by atoms with Gasteiger partial charge in [-0.3, -0.25) is 5.32 Å². The first-order valence-electron chi connectivity index (χ1n) is 9.95. The van der Waals surface area contributed by atoms with Gasteiger partial charge in [-0.1, -0.05) is 66.7 Å². The van der Waals surface area contributed by atoms with Crippen LogP contribution >= 0.6 is 0 Å². The number of rotatable bonds is 6. The molecule has 2 N–H and O–H groups in total. The number of fused-ring (bicyclic) bond motifs is 1. The molecule has 3 aromatic carbocycles. The van der Waals surface area contributed by atoms with E-state index in [9.17, 15) is 9.59 Å². The number of hydrogen-bond acceptors (Lipinski definition) is 4. The summed E-state index contributed by atoms with van der Waals surface area (Å²) in [4.78, 5) is 29.2. The molecule has 0 spiro atoms. The van der Waals surface area contributed by atoms with Crippen LogP contribution in [0.1, 0.15) is 16.7 Å². The number of aromatic amines is 1. The molecule has 6 nitrogen and oxygen atoms in total. The molecule has 7 heteroatoms. The quantitative estimate of drug-likeness (QED) is 0.435. The topological polar surface area (TPSA) is 80.4 Å². The van der Waals surface area contributed by atoms with Crippen molar-refractivity contribution in [2.45, 2.75) is 12.1 Å². The molecule has 0 aliphatic heterocycles. The second-order valence-corrected chi connectivity index (χ2v) is 7.16. The van der Waals surface area contributed by atoms with Crippen LogP contribution < -0.4 is 5.32 Å². The third kappa shape index (κ3) is 3.80. The number of halogens is 1. The highest BCUT2D eigenvalue weighted by molar-refractivity contribution is 5.97. The number of benzene rings is 3. The van der Waals surface area contributed by atoms with Crippen molar-refractivity contribution >= 4 is 23.0 Å². The van der Waals surface area contributed by atoms with Gasteiger partial charge in [0.25, 0.3) is 0 Å². The molecule has 1 aromatic heterocycles. The number of ether oxygens (including phenoxy) is 2. The number of hydrogen-bond donors (Lipinski definition) is 2. The number of esters is 1. The highest BCUT2D eigenvalue weighted by Gasteiger charge is 2.49. The summed E-state index contributed by atoms with van der Waals surface area (Å²) in [6.07, 6.45) is 0.659. The number of nitrogens with one attached hydrogen (secondary N) is 2. The summed E-state index contributed by atoms with van der Waals surface area (Å²) >= 11 is 0. The van der Waals surface area contributed by atoms with Crippen molar-refractivity contribution < 1.29 is 23.5 Å². The monoisotopic (exact) mass is 432 g/mol. The van der Waals surface area contributed by atoms with Crippen molar-refractivity contribution in [1.29, 1.82) is 0 Å². The molecule has 162 valence electrons. The Morgan fingerprint density at radius 3 is 2.38 bits per heavy atom. The second kappa shape index (κ2) is 8.93. The number of carbonyl (C=O) groups is 2. The van der Waals surface area contributed by atoms with Gasteiger partial charge in [0, 0.05) is 28.2 Å². The molecule has 0 saturated carbocycles. The average Bonchev–Trinajstić information content (AvgIpc) is 3.26. The summed E-state index contributed by atoms with van der Waals surface area (Å²) in [6, 6.07) is 22.1. The fourth-order valence-corrected chi connectivity index (χ4v) is 3.73. The molecule has 0 bridgehead atoms. The van der Waals surface area contributed by atoms with Gasteiger partial charge in [-0.2, -0.15) is 0 Å². The fraction of sp³-hybridized carbons (Fsp3) is 0.120. The standard InChI is InChI=1S/C25H21FN2O4/c1-31-24(30)28-25(19-12-6-7-13-21(19)26,20-15-27-22-14-8-5-11-18(20)22)23(29)32-16-17-9-3-2-4-10-17/h2-15,27H,16H2,1H3,(H,28,30)/t25-/m0/s1. The Bertz CT molecular complexity index is 1260. The molecule has 0 radical (unpaired) electrons. The minimum Gasteiger partial charge on any atom is -0.459 e. The Kier molecular flexibility index (Phi) is 5.89. The van der Waals surface area contributed by atoms with E-state index < -0.39 is 23.4 Å². The maximum absolute atomic E-state index is 15.1. The van der Waals surface area contributed by atoms with Crippen LogP contribution in [-0.2, 0) is 26.4 Å². The lowest BCUT2D eigenvalue weighted by atomic mass is 9.82. The van der Waals surface area contributed by atoms with Gasteiger partial charge in [0.1, 0.15) is 12.4 Å². The van der Waals surface area contributed by atoms with Gasteiger partial charge in [0.2, 0.25) is 0 Å². The second-order valence-electron chi connectivity index (χ2n) is 7.16. The lowest BCUT2D eigenvalue weighted by Crippen LogP contribution is -2.54. The molecular formula is C25H21FN2O4. The van der Waals surface area contributed by atoms with Gasteiger partial charge < -0.3 is 14.5 Å². The largest absolute Gasteiger partial charge is 0.459 e. The van der Waals surface area contributed by atoms with Crippen molar-refractivity contribution in [3.05, 3.63) is 108 Å². The molecule has 0 fully saturated rings. The van der Waals surface area contributed by atoms with Crippen molar-refractivity contribution in [2.24, 2.45) is 0 Å². The van der Waals surface area contributed by atoms with Crippen LogP contribution in [0.15, 0.2) is 85.1 Å². The van der Waals surface area contributed by atoms with Crippen molar-refractivity contribution in [1.82, 2.24) is 10.3 Å². The molecule has 4 aromatic rings. The van der Waals surface area contributed by atoms with E-state index in [0.717, 1.165) is 5.56 Å². The number of carbonyl (C=O) groups excluding carboxylic acids is 2. The van der Waals surface area contributed by atoms with E-state index in [1.807, 2.05) is 30.3 Å². The first kappa shape index (κ1) is 21.1. The van der Waals surface area contributed by atoms with Crippen LogP contribution in [0.2, 0.25) is 0 Å². The van der Waals surface area contributed by atoms with E-state index in [-0.39, 0.29) is 12.2 Å². The van der Waals surface area contributed by atoms with E-state index in [1.165, 1.54) is 25.3 Å². The minimum atomic E-state index is -1.99. The summed E-state index contributed by atoms with van der Waals surface area (Å²) in [5.74, 6) is -1.52.